The molecule has 0 spiro atoms. The summed E-state index contributed by atoms with van der Waals surface area (Å²) in [6.07, 6.45) is -1.46. The van der Waals surface area contributed by atoms with Crippen molar-refractivity contribution in [2.75, 3.05) is 32.8 Å². The van der Waals surface area contributed by atoms with E-state index in [1.165, 1.54) is 10.9 Å². The number of H-pyrrole nitrogens is 1. The number of hydrogen-bond donors (Lipinski definition) is 2. The van der Waals surface area contributed by atoms with E-state index in [0.29, 0.717) is 11.5 Å². The van der Waals surface area contributed by atoms with Crippen LogP contribution in [0, 0.1) is 5.92 Å². The third kappa shape index (κ3) is 7.59. The Kier molecular flexibility index (Phi) is 10.4. The van der Waals surface area contributed by atoms with Crippen LogP contribution in [-0.2, 0) is 29.0 Å². The molecule has 15 heteroatoms. The summed E-state index contributed by atoms with van der Waals surface area (Å²) in [6, 6.07) is 24.5. The van der Waals surface area contributed by atoms with Gasteiger partial charge in [-0.2, -0.15) is 9.18 Å². The fourth-order valence-corrected chi connectivity index (χ4v) is 6.82. The number of aromatic amines is 1. The molecule has 4 atom stereocenters. The monoisotopic (exact) mass is 719 g/mol. The van der Waals surface area contributed by atoms with Crippen molar-refractivity contribution in [3.63, 3.8) is 0 Å². The maximum atomic E-state index is 14.7. The molecule has 1 aliphatic rings. The number of fused-ring (bicyclic) bond motifs is 1. The van der Waals surface area contributed by atoms with Gasteiger partial charge in [-0.3, -0.25) is 33.5 Å². The van der Waals surface area contributed by atoms with Gasteiger partial charge in [-0.05, 0) is 41.0 Å². The summed E-state index contributed by atoms with van der Waals surface area (Å²) in [6.45, 7) is 4.15. The molecule has 51 heavy (non-hydrogen) atoms. The molecule has 2 N–H and O–H groups in total. The highest BCUT2D eigenvalue weighted by Gasteiger charge is 2.44. The molecule has 1 aliphatic heterocycles. The van der Waals surface area contributed by atoms with E-state index in [9.17, 15) is 18.4 Å². The number of nitrogens with zero attached hydrogens (tertiary/aromatic N) is 3. The van der Waals surface area contributed by atoms with Crippen LogP contribution in [0.2, 0.25) is 0 Å². The molecule has 0 saturated carbocycles. The summed E-state index contributed by atoms with van der Waals surface area (Å²) in [5.74, 6) is 0.534. The zero-order chi connectivity index (χ0) is 36.3. The molecule has 2 aromatic heterocycles. The van der Waals surface area contributed by atoms with Gasteiger partial charge in [-0.1, -0.05) is 68.4 Å². The number of anilines is 1. The van der Waals surface area contributed by atoms with Gasteiger partial charge in [0.25, 0.3) is 5.56 Å². The molecule has 13 nitrogen and oxygen atoms in total. The minimum atomic E-state index is -4.51. The van der Waals surface area contributed by atoms with E-state index < -0.39 is 37.3 Å². The van der Waals surface area contributed by atoms with Gasteiger partial charge in [-0.25, -0.2) is 4.98 Å². The average molecular weight is 720 g/mol. The normalized spacial score (nSPS) is 18.8. The Morgan fingerprint density at radius 2 is 1.61 bits per heavy atom. The largest absolute Gasteiger partial charge is 0.497 e. The van der Waals surface area contributed by atoms with E-state index in [1.54, 1.807) is 28.1 Å². The van der Waals surface area contributed by atoms with Crippen LogP contribution in [0.15, 0.2) is 90.0 Å². The SMILES string of the molecule is COc1ccc(C(OC[C@H]2O[C@@H](n3cnc4c(=O)[nH]c(NC(=O)C(C)C)nc43)C[C@@H]2OP(C)(=O)F)(c2ccccc2)c2ccc(OC)cc2)cc1. The minimum Gasteiger partial charge on any atom is -0.497 e. The van der Waals surface area contributed by atoms with E-state index in [2.05, 4.69) is 20.3 Å². The lowest BCUT2D eigenvalue weighted by atomic mass is 9.80. The summed E-state index contributed by atoms with van der Waals surface area (Å²) in [5, 5.41) is 2.59. The lowest BCUT2D eigenvalue weighted by Crippen LogP contribution is -2.38. The van der Waals surface area contributed by atoms with Crippen LogP contribution in [0.1, 0.15) is 43.2 Å². The van der Waals surface area contributed by atoms with Crippen LogP contribution in [0.4, 0.5) is 10.1 Å². The van der Waals surface area contributed by atoms with Crippen molar-refractivity contribution in [2.24, 2.45) is 5.92 Å². The molecule has 3 aromatic carbocycles. The molecule has 0 bridgehead atoms. The quantitative estimate of drug-likeness (QED) is 0.106. The minimum absolute atomic E-state index is 0.00655. The average Bonchev–Trinajstić information content (AvgIpc) is 3.72. The smallest absolute Gasteiger partial charge is 0.364 e. The number of benzene rings is 3. The van der Waals surface area contributed by atoms with Crippen molar-refractivity contribution in [3.8, 4) is 11.5 Å². The van der Waals surface area contributed by atoms with Crippen molar-refractivity contribution in [1.29, 1.82) is 0 Å². The van der Waals surface area contributed by atoms with Crippen molar-refractivity contribution in [1.82, 2.24) is 19.5 Å². The number of carbonyl (C=O) groups is 1. The van der Waals surface area contributed by atoms with Crippen molar-refractivity contribution >= 4 is 30.7 Å². The van der Waals surface area contributed by atoms with Gasteiger partial charge in [0.15, 0.2) is 11.2 Å². The number of rotatable bonds is 13. The molecule has 1 unspecified atom stereocenters. The Morgan fingerprint density at radius 1 is 1.02 bits per heavy atom. The molecule has 5 aromatic rings. The van der Waals surface area contributed by atoms with Gasteiger partial charge in [0, 0.05) is 19.0 Å². The van der Waals surface area contributed by atoms with Crippen LogP contribution < -0.4 is 20.3 Å². The Morgan fingerprint density at radius 3 is 2.16 bits per heavy atom. The van der Waals surface area contributed by atoms with E-state index in [1.807, 2.05) is 78.9 Å². The third-order valence-corrected chi connectivity index (χ3v) is 9.30. The topological polar surface area (TPSA) is 156 Å². The first-order valence-electron chi connectivity index (χ1n) is 16.3. The highest BCUT2D eigenvalue weighted by Crippen LogP contribution is 2.50. The fraction of sp³-hybridized carbons (Fsp3) is 0.333. The van der Waals surface area contributed by atoms with Crippen LogP contribution >= 0.6 is 7.68 Å². The molecule has 3 heterocycles. The van der Waals surface area contributed by atoms with Crippen LogP contribution in [0.3, 0.4) is 0 Å². The standard InChI is InChI=1S/C36H39FN5O8P/c1-22(2)33(43)40-35-39-32-31(34(44)41-35)38-21-42(32)30-19-28(50-51(5,37)45)29(49-30)20-48-36(23-9-7-6-8-10-23,24-11-15-26(46-3)16-12-24)25-13-17-27(47-4)18-14-25/h6-18,21-22,28-30H,19-20H2,1-5H3,(H2,39,40,41,43,44)/t28-,29+,30+,51?/m0/s1. The number of halogens is 1. The first kappa shape index (κ1) is 35.9. The number of amides is 1. The predicted octanol–water partition coefficient (Wildman–Crippen LogP) is 6.21. The summed E-state index contributed by atoms with van der Waals surface area (Å²) >= 11 is 0. The molecule has 1 saturated heterocycles. The first-order chi connectivity index (χ1) is 24.4. The summed E-state index contributed by atoms with van der Waals surface area (Å²) in [5.41, 5.74) is 0.648. The lowest BCUT2D eigenvalue weighted by Gasteiger charge is -2.37. The van der Waals surface area contributed by atoms with Gasteiger partial charge in [0.05, 0.1) is 27.2 Å². The van der Waals surface area contributed by atoms with Gasteiger partial charge in [0.2, 0.25) is 11.9 Å². The molecule has 0 radical (unpaired) electrons. The molecule has 268 valence electrons. The number of methoxy groups -OCH3 is 2. The van der Waals surface area contributed by atoms with Crippen molar-refractivity contribution in [2.45, 2.75) is 44.3 Å². The second kappa shape index (κ2) is 14.8. The number of ether oxygens (including phenoxy) is 4. The number of aromatic nitrogens is 4. The van der Waals surface area contributed by atoms with Crippen molar-refractivity contribution in [3.05, 3.63) is 112 Å². The van der Waals surface area contributed by atoms with E-state index >= 15 is 0 Å². The van der Waals surface area contributed by atoms with Gasteiger partial charge in [0.1, 0.15) is 35.5 Å². The second-order valence-corrected chi connectivity index (χ2v) is 14.2. The Balaban J connectivity index is 1.40. The first-order valence-corrected chi connectivity index (χ1v) is 18.3. The third-order valence-electron chi connectivity index (χ3n) is 8.65. The van der Waals surface area contributed by atoms with Crippen LogP contribution in [0.25, 0.3) is 11.2 Å². The van der Waals surface area contributed by atoms with Gasteiger partial charge < -0.3 is 18.9 Å². The fourth-order valence-electron chi connectivity index (χ4n) is 6.11. The summed E-state index contributed by atoms with van der Waals surface area (Å²) < 4.78 is 58.5. The number of nitrogens with one attached hydrogen (secondary N) is 2. The Bertz CT molecular complexity index is 2040. The predicted molar refractivity (Wildman–Crippen MR) is 188 cm³/mol. The highest BCUT2D eigenvalue weighted by atomic mass is 31.2. The Hall–Kier alpha value is -4.88. The summed E-state index contributed by atoms with van der Waals surface area (Å²) in [4.78, 5) is 36.4. The van der Waals surface area contributed by atoms with Crippen LogP contribution in [-0.4, -0.2) is 65.1 Å². The molecule has 1 fully saturated rings. The van der Waals surface area contributed by atoms with Crippen LogP contribution in [0.5, 0.6) is 11.5 Å². The number of hydrogen-bond acceptors (Lipinski definition) is 10. The Labute approximate surface area is 293 Å². The molecular weight excluding hydrogens is 680 g/mol. The molecule has 1 amide bonds. The molecular formula is C36H39FN5O8P. The van der Waals surface area contributed by atoms with Gasteiger partial charge >= 0.3 is 7.68 Å². The zero-order valence-electron chi connectivity index (χ0n) is 28.7. The highest BCUT2D eigenvalue weighted by molar-refractivity contribution is 7.52. The maximum absolute atomic E-state index is 14.7. The van der Waals surface area contributed by atoms with E-state index in [-0.39, 0.29) is 42.0 Å². The number of carbonyl (C=O) groups excluding carboxylic acids is 1. The number of imidazole rings is 1. The molecule has 6 rings (SSSR count). The van der Waals surface area contributed by atoms with E-state index in [4.69, 9.17) is 23.5 Å². The zero-order valence-corrected chi connectivity index (χ0v) is 29.6. The second-order valence-electron chi connectivity index (χ2n) is 12.5. The molecule has 0 aliphatic carbocycles. The maximum Gasteiger partial charge on any atom is 0.364 e. The van der Waals surface area contributed by atoms with E-state index in [0.717, 1.165) is 23.4 Å². The van der Waals surface area contributed by atoms with Gasteiger partial charge in [-0.15, -0.1) is 0 Å². The lowest BCUT2D eigenvalue weighted by molar-refractivity contribution is -0.118. The summed E-state index contributed by atoms with van der Waals surface area (Å²) in [7, 11) is -1.34. The van der Waals surface area contributed by atoms with Crippen molar-refractivity contribution < 1.29 is 37.0 Å².